The van der Waals surface area contributed by atoms with Crippen molar-refractivity contribution in [2.75, 3.05) is 37.6 Å². The largest absolute Gasteiger partial charge is 0.383 e. The van der Waals surface area contributed by atoms with Gasteiger partial charge in [-0.2, -0.15) is 11.8 Å². The Morgan fingerprint density at radius 1 is 1.24 bits per heavy atom. The van der Waals surface area contributed by atoms with Gasteiger partial charge in [-0.3, -0.25) is 24.6 Å². The van der Waals surface area contributed by atoms with Crippen molar-refractivity contribution in [3.8, 4) is 0 Å². The van der Waals surface area contributed by atoms with Crippen LogP contribution >= 0.6 is 11.8 Å². The van der Waals surface area contributed by atoms with Crippen molar-refractivity contribution >= 4 is 35.2 Å². The van der Waals surface area contributed by atoms with Crippen molar-refractivity contribution in [1.82, 2.24) is 10.2 Å². The van der Waals surface area contributed by atoms with Gasteiger partial charge in [0, 0.05) is 24.4 Å². The summed E-state index contributed by atoms with van der Waals surface area (Å²) in [6.45, 7) is 2.56. The molecule has 4 atom stereocenters. The van der Waals surface area contributed by atoms with E-state index in [1.54, 1.807) is 18.9 Å². The van der Waals surface area contributed by atoms with Crippen LogP contribution in [0.5, 0.6) is 0 Å². The van der Waals surface area contributed by atoms with E-state index in [1.165, 1.54) is 4.90 Å². The maximum absolute atomic E-state index is 13.4. The normalized spacial score (nSPS) is 30.2. The number of nitrogens with one attached hydrogen (secondary N) is 2. The van der Waals surface area contributed by atoms with Gasteiger partial charge >= 0.3 is 0 Å². The Labute approximate surface area is 174 Å². The zero-order chi connectivity index (χ0) is 20.8. The average molecular weight is 418 g/mol. The fourth-order valence-electron chi connectivity index (χ4n) is 5.02. The number of hydrogen-bond acceptors (Lipinski definition) is 6. The maximum Gasteiger partial charge on any atom is 0.250 e. The number of carbonyl (C=O) groups excluding carboxylic acids is 3. The molecule has 7 nitrogen and oxygen atoms in total. The van der Waals surface area contributed by atoms with Gasteiger partial charge < -0.3 is 10.1 Å². The lowest BCUT2D eigenvalue weighted by Crippen LogP contribution is -2.53. The summed E-state index contributed by atoms with van der Waals surface area (Å²) >= 11 is 1.69. The molecule has 8 heteroatoms. The number of amides is 3. The molecule has 0 saturated carbocycles. The van der Waals surface area contributed by atoms with E-state index in [1.807, 2.05) is 24.5 Å². The Bertz CT molecular complexity index is 860. The molecule has 3 aliphatic rings. The van der Waals surface area contributed by atoms with E-state index < -0.39 is 17.4 Å². The van der Waals surface area contributed by atoms with Gasteiger partial charge in [0.15, 0.2) is 0 Å². The molecule has 3 amide bonds. The SMILES string of the molecule is CCc1ccc2c(c1)C1(NC(CCSC)C3C(=O)N(CCOC)C(=O)C31)C(=O)N2. The highest BCUT2D eigenvalue weighted by molar-refractivity contribution is 7.98. The number of anilines is 1. The van der Waals surface area contributed by atoms with Gasteiger partial charge in [-0.15, -0.1) is 0 Å². The van der Waals surface area contributed by atoms with Gasteiger partial charge in [-0.25, -0.2) is 0 Å². The molecule has 3 heterocycles. The third kappa shape index (κ3) is 2.92. The summed E-state index contributed by atoms with van der Waals surface area (Å²) in [5.74, 6) is -1.13. The van der Waals surface area contributed by atoms with Gasteiger partial charge in [0.25, 0.3) is 0 Å². The molecule has 3 aliphatic heterocycles. The summed E-state index contributed by atoms with van der Waals surface area (Å²) in [6.07, 6.45) is 3.56. The number of fused-ring (bicyclic) bond motifs is 4. The standard InChI is InChI=1S/C21H27N3O4S/c1-4-12-5-6-14-13(11-12)21(20(27)22-14)17-16(15(23-21)7-10-29-3)18(25)24(19(17)26)8-9-28-2/h5-6,11,15-17,23H,4,7-10H2,1-3H3,(H,22,27). The zero-order valence-electron chi connectivity index (χ0n) is 17.0. The van der Waals surface area contributed by atoms with Crippen molar-refractivity contribution in [2.24, 2.45) is 11.8 Å². The second-order valence-corrected chi connectivity index (χ2v) is 8.84. The molecule has 0 aromatic heterocycles. The average Bonchev–Trinajstić information content (AvgIpc) is 3.29. The summed E-state index contributed by atoms with van der Waals surface area (Å²) in [6, 6.07) is 5.67. The number of carbonyl (C=O) groups is 3. The Balaban J connectivity index is 1.82. The van der Waals surface area contributed by atoms with E-state index in [2.05, 4.69) is 17.6 Å². The second-order valence-electron chi connectivity index (χ2n) is 7.85. The first kappa shape index (κ1) is 20.4. The number of thioether (sulfide) groups is 1. The number of ether oxygens (including phenoxy) is 1. The maximum atomic E-state index is 13.4. The fourth-order valence-corrected chi connectivity index (χ4v) is 5.51. The van der Waals surface area contributed by atoms with E-state index in [-0.39, 0.29) is 36.9 Å². The minimum absolute atomic E-state index is 0.194. The number of hydrogen-bond donors (Lipinski definition) is 2. The lowest BCUT2D eigenvalue weighted by Gasteiger charge is -2.29. The van der Waals surface area contributed by atoms with E-state index in [0.717, 1.165) is 35.4 Å². The molecule has 29 heavy (non-hydrogen) atoms. The van der Waals surface area contributed by atoms with Crippen LogP contribution in [-0.4, -0.2) is 60.9 Å². The smallest absolute Gasteiger partial charge is 0.250 e. The first-order chi connectivity index (χ1) is 14.0. The van der Waals surface area contributed by atoms with Gasteiger partial charge in [0.2, 0.25) is 17.7 Å². The Morgan fingerprint density at radius 2 is 2.03 bits per heavy atom. The van der Waals surface area contributed by atoms with Crippen molar-refractivity contribution in [3.05, 3.63) is 29.3 Å². The minimum Gasteiger partial charge on any atom is -0.383 e. The number of nitrogens with zero attached hydrogens (tertiary/aromatic N) is 1. The van der Waals surface area contributed by atoms with E-state index in [4.69, 9.17) is 4.74 Å². The van der Waals surface area contributed by atoms with Crippen molar-refractivity contribution in [2.45, 2.75) is 31.3 Å². The quantitative estimate of drug-likeness (QED) is 0.652. The molecule has 2 fully saturated rings. The van der Waals surface area contributed by atoms with Crippen LogP contribution in [0, 0.1) is 11.8 Å². The first-order valence-electron chi connectivity index (χ1n) is 10.0. The van der Waals surface area contributed by atoms with Crippen molar-refractivity contribution < 1.29 is 19.1 Å². The van der Waals surface area contributed by atoms with Gasteiger partial charge in [0.1, 0.15) is 5.54 Å². The third-order valence-corrected chi connectivity index (χ3v) is 7.07. The highest BCUT2D eigenvalue weighted by atomic mass is 32.2. The lowest BCUT2D eigenvalue weighted by atomic mass is 9.76. The van der Waals surface area contributed by atoms with Crippen molar-refractivity contribution in [1.29, 1.82) is 0 Å². The van der Waals surface area contributed by atoms with Crippen molar-refractivity contribution in [3.63, 3.8) is 0 Å². The highest BCUT2D eigenvalue weighted by Gasteiger charge is 2.70. The van der Waals surface area contributed by atoms with Crippen LogP contribution < -0.4 is 10.6 Å². The number of methoxy groups -OCH3 is 1. The van der Waals surface area contributed by atoms with Crippen LogP contribution in [0.25, 0.3) is 0 Å². The zero-order valence-corrected chi connectivity index (χ0v) is 17.8. The number of aryl methyl sites for hydroxylation is 1. The molecule has 0 bridgehead atoms. The summed E-state index contributed by atoms with van der Waals surface area (Å²) in [5, 5.41) is 6.42. The Kier molecular flexibility index (Phi) is 5.44. The van der Waals surface area contributed by atoms with E-state index in [0.29, 0.717) is 0 Å². The Morgan fingerprint density at radius 3 is 2.72 bits per heavy atom. The van der Waals surface area contributed by atoms with Crippen LogP contribution in [-0.2, 0) is 31.1 Å². The summed E-state index contributed by atoms with van der Waals surface area (Å²) < 4.78 is 5.09. The predicted molar refractivity (Wildman–Crippen MR) is 112 cm³/mol. The van der Waals surface area contributed by atoms with Gasteiger partial charge in [-0.05, 0) is 36.5 Å². The fraction of sp³-hybridized carbons (Fsp3) is 0.571. The third-order valence-electron chi connectivity index (χ3n) is 6.43. The second kappa shape index (κ2) is 7.74. The van der Waals surface area contributed by atoms with Gasteiger partial charge in [-0.1, -0.05) is 19.1 Å². The van der Waals surface area contributed by atoms with Crippen LogP contribution in [0.3, 0.4) is 0 Å². The molecule has 1 aromatic carbocycles. The molecule has 2 saturated heterocycles. The van der Waals surface area contributed by atoms with Crippen LogP contribution in [0.2, 0.25) is 0 Å². The first-order valence-corrected chi connectivity index (χ1v) is 11.4. The lowest BCUT2D eigenvalue weighted by molar-refractivity contribution is -0.143. The monoisotopic (exact) mass is 417 g/mol. The van der Waals surface area contributed by atoms with E-state index >= 15 is 0 Å². The Hall–Kier alpha value is -1.90. The number of imide groups is 1. The molecule has 156 valence electrons. The molecule has 1 spiro atoms. The van der Waals surface area contributed by atoms with E-state index in [9.17, 15) is 14.4 Å². The molecule has 2 N–H and O–H groups in total. The van der Waals surface area contributed by atoms with Crippen LogP contribution in [0.4, 0.5) is 5.69 Å². The number of benzene rings is 1. The highest BCUT2D eigenvalue weighted by Crippen LogP contribution is 2.53. The number of likely N-dealkylation sites (tertiary alicyclic amines) is 1. The summed E-state index contributed by atoms with van der Waals surface area (Å²) in [4.78, 5) is 41.2. The molecule has 0 radical (unpaired) electrons. The van der Waals surface area contributed by atoms with Crippen LogP contribution in [0.1, 0.15) is 24.5 Å². The molecular weight excluding hydrogens is 390 g/mol. The summed E-state index contributed by atoms with van der Waals surface area (Å²) in [5.41, 5.74) is 1.42. The summed E-state index contributed by atoms with van der Waals surface area (Å²) in [7, 11) is 1.54. The predicted octanol–water partition coefficient (Wildman–Crippen LogP) is 1.37. The molecule has 0 aliphatic carbocycles. The molecular formula is C21H27N3O4S. The van der Waals surface area contributed by atoms with Crippen LogP contribution in [0.15, 0.2) is 18.2 Å². The topological polar surface area (TPSA) is 87.7 Å². The number of rotatable bonds is 7. The molecule has 4 rings (SSSR count). The minimum atomic E-state index is -1.19. The molecule has 4 unspecified atom stereocenters. The molecule has 1 aromatic rings. The van der Waals surface area contributed by atoms with Gasteiger partial charge in [0.05, 0.1) is 25.0 Å².